The van der Waals surface area contributed by atoms with Gasteiger partial charge in [-0.05, 0) is 38.0 Å². The predicted molar refractivity (Wildman–Crippen MR) is 104 cm³/mol. The van der Waals surface area contributed by atoms with Gasteiger partial charge in [0, 0.05) is 12.2 Å². The van der Waals surface area contributed by atoms with Gasteiger partial charge in [-0.2, -0.15) is 5.10 Å². The molecule has 0 spiro atoms. The molecule has 0 aliphatic rings. The van der Waals surface area contributed by atoms with Gasteiger partial charge in [-0.25, -0.2) is 17.9 Å². The molecule has 7 nitrogen and oxygen atoms in total. The number of aromatic nitrogens is 2. The summed E-state index contributed by atoms with van der Waals surface area (Å²) >= 11 is 0. The van der Waals surface area contributed by atoms with Gasteiger partial charge in [0.1, 0.15) is 0 Å². The minimum Gasteiger partial charge on any atom is -0.337 e. The molecular formula is C18H26N4O3S. The smallest absolute Gasteiger partial charge is 0.319 e. The number of sulfone groups is 1. The first-order valence-electron chi connectivity index (χ1n) is 8.56. The molecule has 2 aromatic rings. The summed E-state index contributed by atoms with van der Waals surface area (Å²) in [4.78, 5) is 12.1. The van der Waals surface area contributed by atoms with Crippen LogP contribution in [0, 0.1) is 19.8 Å². The molecule has 0 radical (unpaired) electrons. The zero-order valence-electron chi connectivity index (χ0n) is 15.6. The monoisotopic (exact) mass is 378 g/mol. The fourth-order valence-electron chi connectivity index (χ4n) is 2.71. The summed E-state index contributed by atoms with van der Waals surface area (Å²) in [7, 11) is -3.16. The van der Waals surface area contributed by atoms with Gasteiger partial charge < -0.3 is 10.6 Å². The fourth-order valence-corrected chi connectivity index (χ4v) is 4.31. The van der Waals surface area contributed by atoms with E-state index in [-0.39, 0.29) is 24.0 Å². The van der Waals surface area contributed by atoms with Crippen molar-refractivity contribution in [3.8, 4) is 5.69 Å². The first kappa shape index (κ1) is 20.0. The number of anilines is 1. The standard InChI is InChI=1S/C18H26N4O3S/c1-13(2)12-26(24,25)10-9-19-18(23)20-16-7-5-6-8-17(16)22-15(4)11-14(3)21-22/h5-8,11,13H,9-10,12H2,1-4H3,(H2,19,20,23). The lowest BCUT2D eigenvalue weighted by Crippen LogP contribution is -2.34. The van der Waals surface area contributed by atoms with Crippen LogP contribution in [0.25, 0.3) is 5.69 Å². The number of carbonyl (C=O) groups excluding carboxylic acids is 1. The maximum atomic E-state index is 12.1. The zero-order chi connectivity index (χ0) is 19.3. The predicted octanol–water partition coefficient (Wildman–Crippen LogP) is 2.68. The van der Waals surface area contributed by atoms with Crippen LogP contribution in [0.3, 0.4) is 0 Å². The van der Waals surface area contributed by atoms with Crippen LogP contribution in [-0.2, 0) is 9.84 Å². The van der Waals surface area contributed by atoms with Crippen molar-refractivity contribution < 1.29 is 13.2 Å². The molecule has 0 saturated carbocycles. The Labute approximate surface area is 154 Å². The third kappa shape index (κ3) is 5.59. The molecule has 1 heterocycles. The molecule has 0 saturated heterocycles. The Balaban J connectivity index is 2.01. The summed E-state index contributed by atoms with van der Waals surface area (Å²) in [5.41, 5.74) is 3.19. The molecule has 0 fully saturated rings. The molecule has 0 aliphatic heterocycles. The molecule has 0 bridgehead atoms. The molecule has 2 amide bonds. The number of nitrogens with one attached hydrogen (secondary N) is 2. The molecule has 0 aliphatic carbocycles. The summed E-state index contributed by atoms with van der Waals surface area (Å²) in [6, 6.07) is 8.84. The van der Waals surface area contributed by atoms with Gasteiger partial charge in [0.05, 0.1) is 28.6 Å². The molecule has 0 unspecified atom stereocenters. The van der Waals surface area contributed by atoms with Crippen molar-refractivity contribution in [1.82, 2.24) is 15.1 Å². The highest BCUT2D eigenvalue weighted by Gasteiger charge is 2.14. The van der Waals surface area contributed by atoms with Crippen molar-refractivity contribution in [1.29, 1.82) is 0 Å². The Morgan fingerprint density at radius 3 is 2.54 bits per heavy atom. The topological polar surface area (TPSA) is 93.1 Å². The minimum absolute atomic E-state index is 0.0708. The van der Waals surface area contributed by atoms with Crippen molar-refractivity contribution in [2.45, 2.75) is 27.7 Å². The van der Waals surface area contributed by atoms with Crippen LogP contribution in [-0.4, -0.2) is 42.3 Å². The van der Waals surface area contributed by atoms with Gasteiger partial charge in [-0.15, -0.1) is 0 Å². The molecule has 142 valence electrons. The lowest BCUT2D eigenvalue weighted by Gasteiger charge is -2.13. The molecule has 2 N–H and O–H groups in total. The van der Waals surface area contributed by atoms with E-state index in [9.17, 15) is 13.2 Å². The highest BCUT2D eigenvalue weighted by molar-refractivity contribution is 7.91. The van der Waals surface area contributed by atoms with E-state index in [1.807, 2.05) is 52.0 Å². The maximum Gasteiger partial charge on any atom is 0.319 e. The number of benzene rings is 1. The highest BCUT2D eigenvalue weighted by atomic mass is 32.2. The fraction of sp³-hybridized carbons (Fsp3) is 0.444. The van der Waals surface area contributed by atoms with E-state index in [2.05, 4.69) is 15.7 Å². The molecule has 2 rings (SSSR count). The van der Waals surface area contributed by atoms with Crippen LogP contribution in [0.5, 0.6) is 0 Å². The normalized spacial score (nSPS) is 11.6. The Kier molecular flexibility index (Phi) is 6.42. The Bertz CT molecular complexity index is 872. The average Bonchev–Trinajstić information content (AvgIpc) is 2.84. The van der Waals surface area contributed by atoms with Crippen LogP contribution in [0.4, 0.5) is 10.5 Å². The number of nitrogens with zero attached hydrogens (tertiary/aromatic N) is 2. The first-order valence-corrected chi connectivity index (χ1v) is 10.4. The van der Waals surface area contributed by atoms with Gasteiger partial charge in [-0.1, -0.05) is 26.0 Å². The zero-order valence-corrected chi connectivity index (χ0v) is 16.4. The maximum absolute atomic E-state index is 12.1. The van der Waals surface area contributed by atoms with Crippen LogP contribution in [0.1, 0.15) is 25.2 Å². The Hall–Kier alpha value is -2.35. The summed E-state index contributed by atoms with van der Waals surface area (Å²) in [6.45, 7) is 7.63. The number of rotatable bonds is 7. The summed E-state index contributed by atoms with van der Waals surface area (Å²) in [5.74, 6) is 0.121. The van der Waals surface area contributed by atoms with E-state index in [4.69, 9.17) is 0 Å². The highest BCUT2D eigenvalue weighted by Crippen LogP contribution is 2.21. The van der Waals surface area contributed by atoms with E-state index in [0.29, 0.717) is 5.69 Å². The number of aryl methyl sites for hydroxylation is 2. The summed E-state index contributed by atoms with van der Waals surface area (Å²) < 4.78 is 25.5. The Morgan fingerprint density at radius 1 is 1.23 bits per heavy atom. The first-order chi connectivity index (χ1) is 12.2. The lowest BCUT2D eigenvalue weighted by molar-refractivity contribution is 0.252. The van der Waals surface area contributed by atoms with Gasteiger partial charge in [0.2, 0.25) is 0 Å². The van der Waals surface area contributed by atoms with Gasteiger partial charge in [0.25, 0.3) is 0 Å². The van der Waals surface area contributed by atoms with Crippen molar-refractivity contribution >= 4 is 21.6 Å². The van der Waals surface area contributed by atoms with Crippen LogP contribution in [0.2, 0.25) is 0 Å². The average molecular weight is 378 g/mol. The number of carbonyl (C=O) groups is 1. The van der Waals surface area contributed by atoms with Crippen molar-refractivity contribution in [2.75, 3.05) is 23.4 Å². The summed E-state index contributed by atoms with van der Waals surface area (Å²) in [6.07, 6.45) is 0. The third-order valence-electron chi connectivity index (χ3n) is 3.68. The summed E-state index contributed by atoms with van der Waals surface area (Å²) in [5, 5.41) is 9.80. The van der Waals surface area contributed by atoms with Crippen molar-refractivity contribution in [2.24, 2.45) is 5.92 Å². The van der Waals surface area contributed by atoms with E-state index >= 15 is 0 Å². The van der Waals surface area contributed by atoms with Crippen LogP contribution >= 0.6 is 0 Å². The van der Waals surface area contributed by atoms with E-state index in [1.165, 1.54) is 0 Å². The van der Waals surface area contributed by atoms with E-state index < -0.39 is 15.9 Å². The van der Waals surface area contributed by atoms with Gasteiger partial charge in [0.15, 0.2) is 9.84 Å². The quantitative estimate of drug-likeness (QED) is 0.775. The largest absolute Gasteiger partial charge is 0.337 e. The number of hydrogen-bond donors (Lipinski definition) is 2. The van der Waals surface area contributed by atoms with Crippen LogP contribution < -0.4 is 10.6 Å². The molecule has 1 aromatic heterocycles. The van der Waals surface area contributed by atoms with Gasteiger partial charge >= 0.3 is 6.03 Å². The SMILES string of the molecule is Cc1cc(C)n(-c2ccccc2NC(=O)NCCS(=O)(=O)CC(C)C)n1. The number of urea groups is 1. The third-order valence-corrected chi connectivity index (χ3v) is 5.68. The van der Waals surface area contributed by atoms with Crippen molar-refractivity contribution in [3.05, 3.63) is 41.7 Å². The van der Waals surface area contributed by atoms with Gasteiger partial charge in [-0.3, -0.25) is 0 Å². The number of amides is 2. The second-order valence-electron chi connectivity index (χ2n) is 6.75. The molecule has 26 heavy (non-hydrogen) atoms. The minimum atomic E-state index is -3.16. The second-order valence-corrected chi connectivity index (χ2v) is 8.97. The van der Waals surface area contributed by atoms with Crippen LogP contribution in [0.15, 0.2) is 30.3 Å². The molecule has 1 aromatic carbocycles. The molecule has 0 atom stereocenters. The van der Waals surface area contributed by atoms with E-state index in [0.717, 1.165) is 17.1 Å². The number of hydrogen-bond acceptors (Lipinski definition) is 4. The Morgan fingerprint density at radius 2 is 1.92 bits per heavy atom. The second kappa shape index (κ2) is 8.35. The lowest BCUT2D eigenvalue weighted by atomic mass is 10.2. The molecule has 8 heteroatoms. The molecular weight excluding hydrogens is 352 g/mol. The van der Waals surface area contributed by atoms with E-state index in [1.54, 1.807) is 10.7 Å². The number of para-hydroxylation sites is 2. The van der Waals surface area contributed by atoms with Crippen molar-refractivity contribution in [3.63, 3.8) is 0 Å².